The molecule has 688 valence electrons. The van der Waals surface area contributed by atoms with E-state index >= 15 is 0 Å². The number of nitrogens with one attached hydrogen (secondary N) is 6. The van der Waals surface area contributed by atoms with Gasteiger partial charge in [0.1, 0.15) is 23.0 Å². The summed E-state index contributed by atoms with van der Waals surface area (Å²) in [4.78, 5) is 71.5. The predicted molar refractivity (Wildman–Crippen MR) is 545 cm³/mol. The van der Waals surface area contributed by atoms with Gasteiger partial charge in [0.25, 0.3) is 0 Å². The van der Waals surface area contributed by atoms with Crippen LogP contribution in [-0.4, -0.2) is 135 Å². The van der Waals surface area contributed by atoms with Crippen LogP contribution in [0.25, 0.3) is 74.7 Å². The third-order valence-corrected chi connectivity index (χ3v) is 31.0. The molecule has 17 aromatic rings. The van der Waals surface area contributed by atoms with Gasteiger partial charge in [0, 0.05) is 81.8 Å². The van der Waals surface area contributed by atoms with Gasteiger partial charge in [0.15, 0.2) is 60.3 Å². The molecule has 0 unspecified atom stereocenters. The van der Waals surface area contributed by atoms with Crippen LogP contribution in [0.1, 0.15) is 97.0 Å². The molecule has 0 saturated heterocycles. The van der Waals surface area contributed by atoms with Crippen LogP contribution in [-0.2, 0) is 34.3 Å². The summed E-state index contributed by atoms with van der Waals surface area (Å²) >= 11 is 15.3. The highest BCUT2D eigenvalue weighted by molar-refractivity contribution is 7.91. The minimum Gasteiger partial charge on any atom is -0.497 e. The number of rotatable bonds is 26. The normalized spacial score (nSPS) is 11.4. The quantitative estimate of drug-likeness (QED) is 0.0293. The fourth-order valence-electron chi connectivity index (χ4n) is 12.8. The van der Waals surface area contributed by atoms with E-state index in [1.807, 2.05) is 169 Å². The number of benzene rings is 5. The molecule has 0 aliphatic rings. The zero-order valence-corrected chi connectivity index (χ0v) is 85.9. The average Bonchev–Trinajstić information content (AvgIpc) is 1.69. The van der Waals surface area contributed by atoms with Gasteiger partial charge in [-0.05, 0) is 183 Å². The highest BCUT2D eigenvalue weighted by Gasteiger charge is 2.24. The Bertz CT molecular complexity index is 7190. The summed E-state index contributed by atoms with van der Waals surface area (Å²) in [6.07, 6.45) is 6.98. The highest BCUT2D eigenvalue weighted by Crippen LogP contribution is 2.44. The Hall–Kier alpha value is -11.3. The topological polar surface area (TPSA) is 383 Å². The number of pyridine rings is 2. The lowest BCUT2D eigenvalue weighted by atomic mass is 10.2. The standard InChI is InChI=1S/C19H22N4O4S3.C18H16N4OS2.2C18H21N3O3S3.C17H14N4S2/c1-10(2)27-16-7-6-13(30(5,25)26)8-14(16)22-18-23-15(9-28-18)17-11(3)20-19(29-17)21-12(4)24;1-10-17(25-11(2)20-10)15-9-24-18(22-15)21-14-8-13(23-3)7-12-5-4-6-19-16(12)14;2*1-10(2)24-16-7-6-13(27(5,22)23)8-14(16)20-18-21-15(9-25-18)17-11(3)19-12(4)26-17;1-10-16(23-11(2)19-10)14-9-22-17(21-14)20-13-7-3-5-12-6-4-8-18-15(12)13/h6-10H,1-5H3,(H,22,23)(H,20,21,24);4-9H,1-3H3,(H,21,22);2*6-10H,1-5H3,(H,20,21);3-9H,1-2H3,(H,20,21). The molecule has 17 rings (SSSR count). The first-order valence-electron chi connectivity index (χ1n) is 40.6. The SMILES string of the molecule is CC(=O)Nc1nc(C)c(-c2csc(Nc3cc(S(C)(=O)=O)ccc3OC(C)C)n2)s1.COc1cc(Nc2nc(-c3sc(C)nc3C)cs2)c2ncccc2c1.Cc1nc(C)c(-c2csc(Nc3cc(S(C)(=O)=O)ccc3OC(C)C)n2)s1.Cc1nc(C)c(-c2csc(Nc3cc(S(C)(=O)=O)ccc3OC(C)C)n2)s1.Cc1nc(C)c(-c2csc(Nc3cccc4cccnc34)n2)s1. The molecule has 132 heavy (non-hydrogen) atoms. The Morgan fingerprint density at radius 3 is 0.955 bits per heavy atom. The van der Waals surface area contributed by atoms with Crippen molar-refractivity contribution in [3.8, 4) is 75.9 Å². The van der Waals surface area contributed by atoms with Crippen molar-refractivity contribution in [1.82, 2.24) is 59.8 Å². The summed E-state index contributed by atoms with van der Waals surface area (Å²) in [6, 6.07) is 32.3. The number of nitrogens with zero attached hydrogens (tertiary/aromatic N) is 12. The molecule has 0 radical (unpaired) electrons. The Morgan fingerprint density at radius 1 is 0.341 bits per heavy atom. The van der Waals surface area contributed by atoms with Gasteiger partial charge in [-0.25, -0.2) is 75.1 Å². The molecule has 0 spiro atoms. The van der Waals surface area contributed by atoms with Crippen LogP contribution in [0.15, 0.2) is 163 Å². The summed E-state index contributed by atoms with van der Waals surface area (Å²) in [5, 5.41) is 39.3. The van der Waals surface area contributed by atoms with Crippen molar-refractivity contribution in [2.45, 2.75) is 144 Å². The van der Waals surface area contributed by atoms with Crippen LogP contribution >= 0.6 is 113 Å². The highest BCUT2D eigenvalue weighted by atomic mass is 32.2. The van der Waals surface area contributed by atoms with Crippen LogP contribution in [0.4, 0.5) is 59.2 Å². The van der Waals surface area contributed by atoms with Gasteiger partial charge in [-0.15, -0.1) is 102 Å². The largest absolute Gasteiger partial charge is 0.497 e. The van der Waals surface area contributed by atoms with Crippen molar-refractivity contribution in [2.24, 2.45) is 0 Å². The number of hydrogen-bond donors (Lipinski definition) is 6. The van der Waals surface area contributed by atoms with Gasteiger partial charge in [-0.2, -0.15) is 0 Å². The van der Waals surface area contributed by atoms with Gasteiger partial charge in [-0.1, -0.05) is 35.6 Å². The lowest BCUT2D eigenvalue weighted by Gasteiger charge is -2.15. The van der Waals surface area contributed by atoms with Gasteiger partial charge >= 0.3 is 0 Å². The van der Waals surface area contributed by atoms with E-state index in [1.165, 1.54) is 70.8 Å². The number of carbonyl (C=O) groups excluding carboxylic acids is 1. The van der Waals surface area contributed by atoms with Gasteiger partial charge in [0.05, 0.1) is 181 Å². The van der Waals surface area contributed by atoms with Crippen molar-refractivity contribution in [3.05, 3.63) is 197 Å². The zero-order valence-electron chi connectivity index (χ0n) is 75.3. The van der Waals surface area contributed by atoms with E-state index in [0.29, 0.717) is 54.8 Å². The third kappa shape index (κ3) is 25.8. The third-order valence-electron chi connectivity index (χ3n) is 18.4. The first-order valence-corrected chi connectivity index (χ1v) is 54.7. The fourth-order valence-corrected chi connectivity index (χ4v) is 23.2. The van der Waals surface area contributed by atoms with E-state index in [0.717, 1.165) is 157 Å². The van der Waals surface area contributed by atoms with Crippen LogP contribution in [0.3, 0.4) is 0 Å². The van der Waals surface area contributed by atoms with E-state index < -0.39 is 29.5 Å². The van der Waals surface area contributed by atoms with Crippen LogP contribution in [0.2, 0.25) is 0 Å². The maximum absolute atomic E-state index is 12.0. The molecule has 5 aromatic carbocycles. The number of para-hydroxylation sites is 1. The van der Waals surface area contributed by atoms with Crippen LogP contribution < -0.4 is 50.8 Å². The Kier molecular flexibility index (Phi) is 31.8. The van der Waals surface area contributed by atoms with Crippen molar-refractivity contribution >= 4 is 230 Å². The first kappa shape index (κ1) is 98.2. The number of fused-ring (bicyclic) bond motifs is 2. The van der Waals surface area contributed by atoms with E-state index in [1.54, 1.807) is 130 Å². The lowest BCUT2D eigenvalue weighted by Crippen LogP contribution is -2.08. The molecule has 0 atom stereocenters. The molecule has 29 nitrogen and oxygen atoms in total. The molecular formula is C90H94N18O11S13. The molecular weight excluding hydrogens is 1930 g/mol. The molecule has 6 N–H and O–H groups in total. The minimum atomic E-state index is -3.37. The number of anilines is 11. The van der Waals surface area contributed by atoms with Crippen LogP contribution in [0, 0.1) is 62.3 Å². The second-order valence-corrected chi connectivity index (χ2v) is 46.6. The number of hydrogen-bond acceptors (Lipinski definition) is 38. The summed E-state index contributed by atoms with van der Waals surface area (Å²) in [5.74, 6) is 2.31. The number of aromatic nitrogens is 12. The van der Waals surface area contributed by atoms with E-state index in [2.05, 4.69) is 105 Å². The van der Waals surface area contributed by atoms with E-state index in [-0.39, 0.29) is 38.9 Å². The Balaban J connectivity index is 0.000000141. The van der Waals surface area contributed by atoms with Gasteiger partial charge in [0.2, 0.25) is 5.91 Å². The summed E-state index contributed by atoms with van der Waals surface area (Å²) < 4.78 is 94.4. The number of methoxy groups -OCH3 is 1. The number of ether oxygens (including phenoxy) is 4. The summed E-state index contributed by atoms with van der Waals surface area (Å²) in [7, 11) is -8.35. The predicted octanol–water partition coefficient (Wildman–Crippen LogP) is 24.5. The second-order valence-electron chi connectivity index (χ2n) is 30.4. The molecule has 1 amide bonds. The summed E-state index contributed by atoms with van der Waals surface area (Å²) in [5.41, 5.74) is 14.5. The monoisotopic (exact) mass is 2020 g/mol. The molecule has 0 saturated carbocycles. The van der Waals surface area contributed by atoms with Gasteiger partial charge in [-0.3, -0.25) is 14.8 Å². The number of carbonyl (C=O) groups is 1. The molecule has 0 bridgehead atoms. The van der Waals surface area contributed by atoms with Crippen LogP contribution in [0.5, 0.6) is 23.0 Å². The van der Waals surface area contributed by atoms with Crippen molar-refractivity contribution in [3.63, 3.8) is 0 Å². The number of aryl methyl sites for hydroxylation is 9. The average molecular weight is 2020 g/mol. The molecule has 0 aliphatic carbocycles. The second kappa shape index (κ2) is 42.7. The molecule has 12 aromatic heterocycles. The first-order chi connectivity index (χ1) is 62.6. The maximum Gasteiger partial charge on any atom is 0.223 e. The zero-order chi connectivity index (χ0) is 94.8. The number of amides is 1. The fraction of sp³-hybridized carbons (Fsp3) is 0.256. The van der Waals surface area contributed by atoms with Crippen molar-refractivity contribution < 1.29 is 49.0 Å². The van der Waals surface area contributed by atoms with E-state index in [9.17, 15) is 30.0 Å². The molecule has 0 aliphatic heterocycles. The molecule has 12 heterocycles. The van der Waals surface area contributed by atoms with Crippen molar-refractivity contribution in [1.29, 1.82) is 0 Å². The Labute approximate surface area is 805 Å². The van der Waals surface area contributed by atoms with Crippen molar-refractivity contribution in [2.75, 3.05) is 57.8 Å². The number of thiazole rings is 10. The van der Waals surface area contributed by atoms with Gasteiger partial charge < -0.3 is 50.8 Å². The Morgan fingerprint density at radius 2 is 0.644 bits per heavy atom. The summed E-state index contributed by atoms with van der Waals surface area (Å²) in [6.45, 7) is 30.7. The smallest absolute Gasteiger partial charge is 0.223 e. The molecule has 42 heteroatoms. The molecule has 0 fully saturated rings. The van der Waals surface area contributed by atoms with E-state index in [4.69, 9.17) is 28.9 Å². The lowest BCUT2D eigenvalue weighted by molar-refractivity contribution is -0.114. The maximum atomic E-state index is 12.0. The number of sulfone groups is 3. The minimum absolute atomic E-state index is 0.0377.